The minimum Gasteiger partial charge on any atom is -0.743 e. The van der Waals surface area contributed by atoms with Crippen LogP contribution in [0.15, 0.2) is 0 Å². The Kier molecular flexibility index (Phi) is 7.75. The lowest BCUT2D eigenvalue weighted by Crippen LogP contribution is -2.45. The van der Waals surface area contributed by atoms with E-state index < -0.39 is 57.8 Å². The van der Waals surface area contributed by atoms with Crippen LogP contribution in [-0.4, -0.2) is 42.9 Å². The Hall–Kier alpha value is -1.29. The predicted octanol–water partition coefficient (Wildman–Crippen LogP) is 2.06. The monoisotopic (exact) mass is 373 g/mol. The molecule has 0 spiro atoms. The van der Waals surface area contributed by atoms with Gasteiger partial charge in [0.05, 0.1) is 5.41 Å². The Morgan fingerprint density at radius 2 is 1.71 bits per heavy atom. The van der Waals surface area contributed by atoms with Crippen LogP contribution >= 0.6 is 0 Å². The topological polar surface area (TPSA) is 110 Å². The number of hydrogen-bond donors (Lipinski definition) is 0. The highest BCUT2D eigenvalue weighted by Crippen LogP contribution is 2.31. The van der Waals surface area contributed by atoms with E-state index in [1.165, 1.54) is 13.8 Å². The second-order valence-corrected chi connectivity index (χ2v) is 7.89. The Balaban J connectivity index is 5.00. The molecule has 0 bridgehead atoms. The molecule has 0 aromatic carbocycles. The zero-order chi connectivity index (χ0) is 19.3. The third-order valence-corrected chi connectivity index (χ3v) is 4.35. The summed E-state index contributed by atoms with van der Waals surface area (Å²) in [4.78, 5) is 23.3. The summed E-state index contributed by atoms with van der Waals surface area (Å²) in [5.74, 6) is -2.56. The van der Waals surface area contributed by atoms with E-state index in [-0.39, 0.29) is 0 Å². The first-order valence-corrected chi connectivity index (χ1v) is 8.76. The second-order valence-electron chi connectivity index (χ2n) is 6.44. The summed E-state index contributed by atoms with van der Waals surface area (Å²) < 4.78 is 68.6. The van der Waals surface area contributed by atoms with Gasteiger partial charge in [0, 0.05) is 0 Å². The van der Waals surface area contributed by atoms with Crippen LogP contribution in [0.2, 0.25) is 0 Å². The summed E-state index contributed by atoms with van der Waals surface area (Å²) in [6.45, 7) is 6.88. The Morgan fingerprint density at radius 1 is 1.21 bits per heavy atom. The molecule has 0 rings (SSSR count). The summed E-state index contributed by atoms with van der Waals surface area (Å²) in [5.41, 5.74) is -0.875. The van der Waals surface area contributed by atoms with Gasteiger partial charge in [0.25, 0.3) is 0 Å². The van der Waals surface area contributed by atoms with E-state index in [1.807, 2.05) is 0 Å². The van der Waals surface area contributed by atoms with Crippen molar-refractivity contribution in [1.29, 1.82) is 0 Å². The zero-order valence-corrected chi connectivity index (χ0v) is 15.1. The number of carbonyl (C=O) groups is 2. The van der Waals surface area contributed by atoms with Gasteiger partial charge in [-0.2, -0.15) is 8.78 Å². The number of carbonyl (C=O) groups excluding carboxylic acids is 2. The third kappa shape index (κ3) is 6.31. The highest BCUT2D eigenvalue weighted by atomic mass is 32.2. The molecule has 0 aliphatic carbocycles. The van der Waals surface area contributed by atoms with Crippen LogP contribution in [0.1, 0.15) is 47.5 Å². The van der Waals surface area contributed by atoms with Gasteiger partial charge in [0.1, 0.15) is 0 Å². The molecular weight excluding hydrogens is 350 g/mol. The number of hydrogen-bond acceptors (Lipinski definition) is 7. The van der Waals surface area contributed by atoms with Crippen molar-refractivity contribution in [1.82, 2.24) is 0 Å². The summed E-state index contributed by atoms with van der Waals surface area (Å²) in [7, 11) is -6.02. The van der Waals surface area contributed by atoms with Gasteiger partial charge in [0.2, 0.25) is 0 Å². The van der Waals surface area contributed by atoms with Crippen molar-refractivity contribution in [2.45, 2.75) is 58.8 Å². The standard InChI is InChI=1S/C14H24F2O7S/c1-6-13(4,5)12(18)22-8-11(17)23-10(7-9(2)3)14(15,16)24(19,20)21/h9-10H,6-8H2,1-5H3,(H,19,20,21)/p-1. The molecule has 0 saturated carbocycles. The average Bonchev–Trinajstić information content (AvgIpc) is 2.42. The number of halogens is 2. The van der Waals surface area contributed by atoms with Crippen molar-refractivity contribution in [2.24, 2.45) is 11.3 Å². The number of rotatable bonds is 9. The van der Waals surface area contributed by atoms with Crippen LogP contribution < -0.4 is 0 Å². The summed E-state index contributed by atoms with van der Waals surface area (Å²) in [6, 6.07) is 0. The molecule has 0 aromatic heterocycles. The first-order chi connectivity index (χ1) is 10.6. The Morgan fingerprint density at radius 3 is 2.08 bits per heavy atom. The predicted molar refractivity (Wildman–Crippen MR) is 79.0 cm³/mol. The molecule has 0 radical (unpaired) electrons. The molecule has 7 nitrogen and oxygen atoms in total. The van der Waals surface area contributed by atoms with Crippen LogP contribution in [0.4, 0.5) is 8.78 Å². The van der Waals surface area contributed by atoms with E-state index in [0.29, 0.717) is 6.42 Å². The number of esters is 2. The van der Waals surface area contributed by atoms with Gasteiger partial charge in [-0.15, -0.1) is 0 Å². The molecule has 10 heteroatoms. The SMILES string of the molecule is CCC(C)(C)C(=O)OCC(=O)OC(CC(C)C)C(F)(F)S(=O)(=O)[O-]. The molecule has 0 heterocycles. The molecule has 0 amide bonds. The van der Waals surface area contributed by atoms with Gasteiger partial charge in [-0.05, 0) is 32.6 Å². The average molecular weight is 373 g/mol. The quantitative estimate of drug-likeness (QED) is 0.449. The highest BCUT2D eigenvalue weighted by Gasteiger charge is 2.49. The van der Waals surface area contributed by atoms with Gasteiger partial charge in [0.15, 0.2) is 22.8 Å². The van der Waals surface area contributed by atoms with Gasteiger partial charge in [-0.1, -0.05) is 20.8 Å². The fourth-order valence-corrected chi connectivity index (χ4v) is 1.97. The molecule has 142 valence electrons. The lowest BCUT2D eigenvalue weighted by molar-refractivity contribution is -0.175. The van der Waals surface area contributed by atoms with Crippen LogP contribution in [0.3, 0.4) is 0 Å². The molecule has 1 unspecified atom stereocenters. The first kappa shape index (κ1) is 22.7. The second kappa shape index (κ2) is 8.19. The van der Waals surface area contributed by atoms with Crippen LogP contribution in [-0.2, 0) is 29.2 Å². The Labute approximate surface area is 140 Å². The normalized spacial score (nSPS) is 14.4. The van der Waals surface area contributed by atoms with Gasteiger partial charge >= 0.3 is 17.2 Å². The van der Waals surface area contributed by atoms with Gasteiger partial charge < -0.3 is 14.0 Å². The molecular formula is C14H23F2O7S-. The molecule has 1 atom stereocenters. The van der Waals surface area contributed by atoms with Crippen LogP contribution in [0, 0.1) is 11.3 Å². The van der Waals surface area contributed by atoms with Crippen LogP contribution in [0.5, 0.6) is 0 Å². The molecule has 0 aliphatic heterocycles. The molecule has 0 N–H and O–H groups in total. The van der Waals surface area contributed by atoms with E-state index in [1.54, 1.807) is 20.8 Å². The fourth-order valence-electron chi connectivity index (χ4n) is 1.50. The summed E-state index contributed by atoms with van der Waals surface area (Å²) in [5, 5.41) is -4.78. The zero-order valence-electron chi connectivity index (χ0n) is 14.3. The molecule has 0 aliphatic rings. The minimum absolute atomic E-state index is 0.420. The van der Waals surface area contributed by atoms with Crippen molar-refractivity contribution >= 4 is 22.1 Å². The van der Waals surface area contributed by atoms with Crippen molar-refractivity contribution in [2.75, 3.05) is 6.61 Å². The summed E-state index contributed by atoms with van der Waals surface area (Å²) >= 11 is 0. The highest BCUT2D eigenvalue weighted by molar-refractivity contribution is 7.86. The summed E-state index contributed by atoms with van der Waals surface area (Å²) in [6.07, 6.45) is -2.58. The molecule has 0 saturated heterocycles. The maximum atomic E-state index is 13.7. The van der Waals surface area contributed by atoms with Gasteiger partial charge in [-0.25, -0.2) is 13.2 Å². The molecule has 24 heavy (non-hydrogen) atoms. The first-order valence-electron chi connectivity index (χ1n) is 7.35. The molecule has 0 aromatic rings. The van der Waals surface area contributed by atoms with Gasteiger partial charge in [-0.3, -0.25) is 4.79 Å². The maximum Gasteiger partial charge on any atom is 0.370 e. The molecule has 0 fully saturated rings. The van der Waals surface area contributed by atoms with E-state index in [9.17, 15) is 31.3 Å². The lowest BCUT2D eigenvalue weighted by atomic mass is 9.91. The van der Waals surface area contributed by atoms with Crippen molar-refractivity contribution < 1.29 is 40.8 Å². The minimum atomic E-state index is -6.02. The van der Waals surface area contributed by atoms with E-state index in [2.05, 4.69) is 9.47 Å². The van der Waals surface area contributed by atoms with Crippen molar-refractivity contribution in [3.05, 3.63) is 0 Å². The largest absolute Gasteiger partial charge is 0.743 e. The van der Waals surface area contributed by atoms with Crippen LogP contribution in [0.25, 0.3) is 0 Å². The smallest absolute Gasteiger partial charge is 0.370 e. The Bertz CT molecular complexity index is 555. The van der Waals surface area contributed by atoms with E-state index in [0.717, 1.165) is 0 Å². The number of ether oxygens (including phenoxy) is 2. The third-order valence-electron chi connectivity index (χ3n) is 3.42. The van der Waals surface area contributed by atoms with Crippen molar-refractivity contribution in [3.63, 3.8) is 0 Å². The maximum absolute atomic E-state index is 13.7. The fraction of sp³-hybridized carbons (Fsp3) is 0.857. The lowest BCUT2D eigenvalue weighted by Gasteiger charge is -2.29. The van der Waals surface area contributed by atoms with E-state index >= 15 is 0 Å². The van der Waals surface area contributed by atoms with Crippen molar-refractivity contribution in [3.8, 4) is 0 Å². The number of alkyl halides is 2. The van der Waals surface area contributed by atoms with E-state index in [4.69, 9.17) is 0 Å².